The molecule has 0 saturated heterocycles. The second kappa shape index (κ2) is 10.6. The van der Waals surface area contributed by atoms with Gasteiger partial charge in [-0.2, -0.15) is 4.99 Å². The van der Waals surface area contributed by atoms with E-state index in [1.54, 1.807) is 24.3 Å². The number of halogens is 1. The molecule has 0 radical (unpaired) electrons. The zero-order valence-electron chi connectivity index (χ0n) is 17.2. The average molecular weight is 566 g/mol. The number of carboxylic acid groups (broad SMARTS) is 1. The SMILES string of the molecule is CCOc1cc(/C=C2/SC(NC(C)=O)=NC2=O)cc(I)c1OCc1ccc(C(=O)O)cc1. The maximum absolute atomic E-state index is 12.1. The molecule has 2 aromatic carbocycles. The van der Waals surface area contributed by atoms with Crippen LogP contribution < -0.4 is 14.8 Å². The monoisotopic (exact) mass is 566 g/mol. The Bertz CT molecular complexity index is 1130. The molecule has 0 aromatic heterocycles. The fourth-order valence-corrected chi connectivity index (χ4v) is 4.38. The molecule has 166 valence electrons. The number of carbonyl (C=O) groups excluding carboxylic acids is 2. The molecular formula is C22H19IN2O6S. The highest BCUT2D eigenvalue weighted by Gasteiger charge is 2.23. The van der Waals surface area contributed by atoms with Gasteiger partial charge in [-0.25, -0.2) is 4.79 Å². The predicted octanol–water partition coefficient (Wildman–Crippen LogP) is 4.07. The molecule has 0 aliphatic carbocycles. The molecule has 0 unspecified atom stereocenters. The molecule has 32 heavy (non-hydrogen) atoms. The summed E-state index contributed by atoms with van der Waals surface area (Å²) in [5.41, 5.74) is 1.75. The Labute approximate surface area is 202 Å². The molecule has 10 heteroatoms. The summed E-state index contributed by atoms with van der Waals surface area (Å²) in [5.74, 6) is -0.623. The van der Waals surface area contributed by atoms with Gasteiger partial charge in [0.15, 0.2) is 16.7 Å². The van der Waals surface area contributed by atoms with Gasteiger partial charge in [0, 0.05) is 6.92 Å². The summed E-state index contributed by atoms with van der Waals surface area (Å²) in [6.07, 6.45) is 1.68. The summed E-state index contributed by atoms with van der Waals surface area (Å²) in [4.78, 5) is 38.5. The summed E-state index contributed by atoms with van der Waals surface area (Å²) in [6, 6.07) is 10.1. The van der Waals surface area contributed by atoms with Gasteiger partial charge in [0.1, 0.15) is 6.61 Å². The molecule has 0 saturated carbocycles. The maximum atomic E-state index is 12.1. The van der Waals surface area contributed by atoms with E-state index >= 15 is 0 Å². The van der Waals surface area contributed by atoms with E-state index in [0.717, 1.165) is 26.5 Å². The Morgan fingerprint density at radius 2 is 1.94 bits per heavy atom. The van der Waals surface area contributed by atoms with Crippen molar-refractivity contribution in [3.8, 4) is 11.5 Å². The molecule has 0 atom stereocenters. The van der Waals surface area contributed by atoms with Crippen molar-refractivity contribution in [2.45, 2.75) is 20.5 Å². The van der Waals surface area contributed by atoms with Gasteiger partial charge < -0.3 is 19.9 Å². The molecule has 1 heterocycles. The summed E-state index contributed by atoms with van der Waals surface area (Å²) in [6.45, 7) is 3.86. The van der Waals surface area contributed by atoms with Crippen molar-refractivity contribution in [3.63, 3.8) is 0 Å². The standard InChI is InChI=1S/C22H19IN2O6S/c1-3-30-17-9-14(10-18-20(27)25-22(32-18)24-12(2)26)8-16(23)19(17)31-11-13-4-6-15(7-5-13)21(28)29/h4-10H,3,11H2,1-2H3,(H,28,29)(H,24,25,26,27)/b18-10+. The minimum absolute atomic E-state index is 0.209. The molecular weight excluding hydrogens is 547 g/mol. The van der Waals surface area contributed by atoms with Gasteiger partial charge in [0.05, 0.1) is 20.6 Å². The Morgan fingerprint density at radius 1 is 1.22 bits per heavy atom. The van der Waals surface area contributed by atoms with E-state index in [1.807, 2.05) is 13.0 Å². The molecule has 0 fully saturated rings. The Kier molecular flexibility index (Phi) is 7.91. The van der Waals surface area contributed by atoms with E-state index in [2.05, 4.69) is 32.9 Å². The van der Waals surface area contributed by atoms with Crippen LogP contribution in [0.3, 0.4) is 0 Å². The Morgan fingerprint density at radius 3 is 2.56 bits per heavy atom. The summed E-state index contributed by atoms with van der Waals surface area (Å²) < 4.78 is 12.5. The number of nitrogens with zero attached hydrogens (tertiary/aromatic N) is 1. The van der Waals surface area contributed by atoms with Crippen molar-refractivity contribution in [2.75, 3.05) is 6.61 Å². The number of rotatable bonds is 7. The maximum Gasteiger partial charge on any atom is 0.335 e. The minimum atomic E-state index is -0.983. The van der Waals surface area contributed by atoms with Gasteiger partial charge in [-0.15, -0.1) is 0 Å². The summed E-state index contributed by atoms with van der Waals surface area (Å²) in [7, 11) is 0. The number of ether oxygens (including phenoxy) is 2. The minimum Gasteiger partial charge on any atom is -0.490 e. The van der Waals surface area contributed by atoms with Crippen LogP contribution in [-0.4, -0.2) is 34.7 Å². The van der Waals surface area contributed by atoms with Crippen LogP contribution >= 0.6 is 34.4 Å². The molecule has 8 nitrogen and oxygen atoms in total. The van der Waals surface area contributed by atoms with Crippen LogP contribution in [0.5, 0.6) is 11.5 Å². The number of hydrogen-bond acceptors (Lipinski definition) is 6. The Hall–Kier alpha value is -2.86. The van der Waals surface area contributed by atoms with Crippen LogP contribution in [-0.2, 0) is 16.2 Å². The lowest BCUT2D eigenvalue weighted by atomic mass is 10.1. The number of thioether (sulfide) groups is 1. The quantitative estimate of drug-likeness (QED) is 0.384. The van der Waals surface area contributed by atoms with Crippen LogP contribution in [0.2, 0.25) is 0 Å². The molecule has 1 aliphatic rings. The normalized spacial score (nSPS) is 14.3. The molecule has 3 rings (SSSR count). The number of aromatic carboxylic acids is 1. The first kappa shape index (κ1) is 23.8. The Balaban J connectivity index is 1.80. The van der Waals surface area contributed by atoms with Crippen molar-refractivity contribution < 1.29 is 29.0 Å². The number of aliphatic imine (C=N–C) groups is 1. The van der Waals surface area contributed by atoms with Crippen LogP contribution in [0.1, 0.15) is 35.3 Å². The number of carboxylic acids is 1. The van der Waals surface area contributed by atoms with Crippen molar-refractivity contribution in [2.24, 2.45) is 4.99 Å². The van der Waals surface area contributed by atoms with Gasteiger partial charge in [0.2, 0.25) is 5.91 Å². The molecule has 0 bridgehead atoms. The van der Waals surface area contributed by atoms with Crippen LogP contribution in [0.15, 0.2) is 46.3 Å². The van der Waals surface area contributed by atoms with E-state index in [0.29, 0.717) is 23.0 Å². The number of amidine groups is 1. The smallest absolute Gasteiger partial charge is 0.335 e. The highest BCUT2D eigenvalue weighted by atomic mass is 127. The van der Waals surface area contributed by atoms with Gasteiger partial charge >= 0.3 is 5.97 Å². The number of hydrogen-bond donors (Lipinski definition) is 2. The molecule has 2 N–H and O–H groups in total. The van der Waals surface area contributed by atoms with Gasteiger partial charge in [0.25, 0.3) is 5.91 Å². The second-order valence-electron chi connectivity index (χ2n) is 6.57. The van der Waals surface area contributed by atoms with Crippen molar-refractivity contribution in [1.29, 1.82) is 0 Å². The zero-order valence-corrected chi connectivity index (χ0v) is 20.2. The predicted molar refractivity (Wildman–Crippen MR) is 130 cm³/mol. The fraction of sp³-hybridized carbons (Fsp3) is 0.182. The first-order valence-corrected chi connectivity index (χ1v) is 11.4. The molecule has 1 aliphatic heterocycles. The third kappa shape index (κ3) is 6.10. The zero-order chi connectivity index (χ0) is 23.3. The third-order valence-corrected chi connectivity index (χ3v) is 5.82. The summed E-state index contributed by atoms with van der Waals surface area (Å²) in [5, 5.41) is 11.8. The van der Waals surface area contributed by atoms with E-state index in [-0.39, 0.29) is 23.2 Å². The third-order valence-electron chi connectivity index (χ3n) is 4.12. The van der Waals surface area contributed by atoms with Crippen LogP contribution in [0.4, 0.5) is 0 Å². The van der Waals surface area contributed by atoms with Crippen molar-refractivity contribution in [3.05, 3.63) is 61.6 Å². The lowest BCUT2D eigenvalue weighted by Crippen LogP contribution is -2.23. The van der Waals surface area contributed by atoms with Gasteiger partial charge in [-0.1, -0.05) is 12.1 Å². The van der Waals surface area contributed by atoms with Gasteiger partial charge in [-0.05, 0) is 82.7 Å². The number of carbonyl (C=O) groups is 3. The number of nitrogens with one attached hydrogen (secondary N) is 1. The molecule has 2 amide bonds. The lowest BCUT2D eigenvalue weighted by molar-refractivity contribution is -0.117. The highest BCUT2D eigenvalue weighted by Crippen LogP contribution is 2.37. The van der Waals surface area contributed by atoms with Crippen molar-refractivity contribution in [1.82, 2.24) is 5.32 Å². The fourth-order valence-electron chi connectivity index (χ4n) is 2.74. The van der Waals surface area contributed by atoms with Crippen molar-refractivity contribution >= 4 is 63.4 Å². The van der Waals surface area contributed by atoms with E-state index < -0.39 is 11.9 Å². The van der Waals surface area contributed by atoms with Crippen LogP contribution in [0, 0.1) is 3.57 Å². The van der Waals surface area contributed by atoms with E-state index in [9.17, 15) is 14.4 Å². The molecule has 2 aromatic rings. The average Bonchev–Trinajstić information content (AvgIpc) is 3.05. The lowest BCUT2D eigenvalue weighted by Gasteiger charge is -2.15. The summed E-state index contributed by atoms with van der Waals surface area (Å²) >= 11 is 3.23. The van der Waals surface area contributed by atoms with Crippen LogP contribution in [0.25, 0.3) is 6.08 Å². The largest absolute Gasteiger partial charge is 0.490 e. The highest BCUT2D eigenvalue weighted by molar-refractivity contribution is 14.1. The topological polar surface area (TPSA) is 114 Å². The first-order chi connectivity index (χ1) is 15.3. The number of benzene rings is 2. The van der Waals surface area contributed by atoms with E-state index in [1.165, 1.54) is 19.1 Å². The van der Waals surface area contributed by atoms with Gasteiger partial charge in [-0.3, -0.25) is 9.59 Å². The second-order valence-corrected chi connectivity index (χ2v) is 8.76. The number of amides is 2. The first-order valence-electron chi connectivity index (χ1n) is 9.48. The van der Waals surface area contributed by atoms with E-state index in [4.69, 9.17) is 14.6 Å². The molecule has 0 spiro atoms.